The second kappa shape index (κ2) is 10.0. The number of para-hydroxylation sites is 1. The molecule has 1 amide bonds. The Kier molecular flexibility index (Phi) is 8.38. The van der Waals surface area contributed by atoms with Crippen molar-refractivity contribution < 1.29 is 37.2 Å². The first-order chi connectivity index (χ1) is 12.6. The Morgan fingerprint density at radius 3 is 2.33 bits per heavy atom. The zero-order valence-electron chi connectivity index (χ0n) is 15.1. The number of aliphatic carboxylic acids is 1. The zero-order chi connectivity index (χ0) is 20.6. The molecule has 150 valence electrons. The molecule has 0 unspecified atom stereocenters. The van der Waals surface area contributed by atoms with Gasteiger partial charge in [0.15, 0.2) is 5.78 Å². The number of methoxy groups -OCH3 is 1. The van der Waals surface area contributed by atoms with E-state index in [2.05, 4.69) is 0 Å². The van der Waals surface area contributed by atoms with Gasteiger partial charge in [-0.1, -0.05) is 25.8 Å². The summed E-state index contributed by atoms with van der Waals surface area (Å²) in [5, 5.41) is 11.1. The lowest BCUT2D eigenvalue weighted by Gasteiger charge is -2.16. The highest BCUT2D eigenvalue weighted by Crippen LogP contribution is 2.26. The van der Waals surface area contributed by atoms with Crippen LogP contribution in [0.5, 0.6) is 5.75 Å². The van der Waals surface area contributed by atoms with E-state index in [1.165, 1.54) is 25.3 Å². The van der Waals surface area contributed by atoms with Crippen molar-refractivity contribution >= 4 is 27.8 Å². The summed E-state index contributed by atoms with van der Waals surface area (Å²) in [7, 11) is -3.36. The summed E-state index contributed by atoms with van der Waals surface area (Å²) in [5.74, 6) is -4.00. The molecule has 0 aliphatic carbocycles. The molecule has 1 aromatic carbocycles. The second-order valence-electron chi connectivity index (χ2n) is 5.88. The molecule has 0 aliphatic heterocycles. The Hall–Kier alpha value is -2.46. The van der Waals surface area contributed by atoms with Crippen LogP contribution in [0.25, 0.3) is 0 Å². The van der Waals surface area contributed by atoms with Gasteiger partial charge < -0.3 is 15.2 Å². The van der Waals surface area contributed by atoms with Crippen molar-refractivity contribution in [3.63, 3.8) is 0 Å². The average molecular weight is 401 g/mol. The number of hydrogen-bond acceptors (Lipinski definition) is 6. The molecule has 1 atom stereocenters. The summed E-state index contributed by atoms with van der Waals surface area (Å²) in [6.45, 7) is 2.00. The van der Waals surface area contributed by atoms with Crippen LogP contribution in [0.4, 0.5) is 0 Å². The van der Waals surface area contributed by atoms with E-state index in [4.69, 9.17) is 14.4 Å². The van der Waals surface area contributed by atoms with Crippen LogP contribution in [0, 0.1) is 0 Å². The fourth-order valence-electron chi connectivity index (χ4n) is 2.45. The monoisotopic (exact) mass is 401 g/mol. The molecule has 0 spiro atoms. The maximum absolute atomic E-state index is 12.4. The van der Waals surface area contributed by atoms with Crippen LogP contribution in [0.1, 0.15) is 53.3 Å². The van der Waals surface area contributed by atoms with Gasteiger partial charge in [0.05, 0.1) is 18.2 Å². The number of Topliss-reactive ketones (excluding diaryl/α,β-unsaturated/α-hetero) is 1. The summed E-state index contributed by atoms with van der Waals surface area (Å²) in [4.78, 5) is 35.9. The van der Waals surface area contributed by atoms with Crippen LogP contribution in [0.2, 0.25) is 0 Å². The maximum Gasteiger partial charge on any atom is 0.327 e. The van der Waals surface area contributed by atoms with Crippen LogP contribution in [0.15, 0.2) is 18.2 Å². The molecule has 0 heterocycles. The van der Waals surface area contributed by atoms with E-state index >= 15 is 0 Å². The Morgan fingerprint density at radius 1 is 1.19 bits per heavy atom. The summed E-state index contributed by atoms with van der Waals surface area (Å²) in [5.41, 5.74) is 0.0725. The zero-order valence-corrected chi connectivity index (χ0v) is 15.9. The quantitative estimate of drug-likeness (QED) is 0.287. The molecule has 0 saturated carbocycles. The number of rotatable bonds is 11. The van der Waals surface area contributed by atoms with E-state index in [1.807, 2.05) is 12.2 Å². The number of benzene rings is 1. The number of ketones is 1. The molecule has 3 N–H and O–H groups in total. The van der Waals surface area contributed by atoms with Gasteiger partial charge in [0.2, 0.25) is 0 Å². The van der Waals surface area contributed by atoms with Crippen LogP contribution in [-0.2, 0) is 14.9 Å². The first kappa shape index (κ1) is 22.6. The second-order valence-corrected chi connectivity index (χ2v) is 7.38. The first-order valence-electron chi connectivity index (χ1n) is 8.29. The molecule has 0 radical (unpaired) electrons. The molecule has 0 bridgehead atoms. The van der Waals surface area contributed by atoms with E-state index in [-0.39, 0.29) is 29.1 Å². The number of hydrogen-bond donors (Lipinski definition) is 3. The van der Waals surface area contributed by atoms with Gasteiger partial charge in [-0.05, 0) is 18.6 Å². The van der Waals surface area contributed by atoms with Gasteiger partial charge in [0.1, 0.15) is 17.5 Å². The smallest absolute Gasteiger partial charge is 0.327 e. The lowest BCUT2D eigenvalue weighted by atomic mass is 10.0. The predicted molar refractivity (Wildman–Crippen MR) is 96.8 cm³/mol. The predicted octanol–water partition coefficient (Wildman–Crippen LogP) is 1.53. The summed E-state index contributed by atoms with van der Waals surface area (Å²) in [6.07, 6.45) is 2.78. The number of ether oxygens (including phenoxy) is 1. The molecule has 1 rings (SSSR count). The van der Waals surface area contributed by atoms with Crippen molar-refractivity contribution in [2.24, 2.45) is 0 Å². The Balaban J connectivity index is 3.10. The standard InChI is InChI=1S/C17H23NO8S/c1-3-4-5-9-14(19)11-7-6-8-12(15(11)26-2)16(20)18-13(17(21)22)10-27(23,24)25/h6-8,13H,3-5,9-10H2,1-2H3,(H,18,20)(H,21,22)(H,23,24,25)/t13-/m0/s1. The Morgan fingerprint density at radius 2 is 1.81 bits per heavy atom. The van der Waals surface area contributed by atoms with Crippen LogP contribution < -0.4 is 10.1 Å². The Labute approximate surface area is 157 Å². The van der Waals surface area contributed by atoms with Crippen molar-refractivity contribution in [3.05, 3.63) is 29.3 Å². The average Bonchev–Trinajstić information content (AvgIpc) is 2.59. The van der Waals surface area contributed by atoms with Crippen molar-refractivity contribution in [1.82, 2.24) is 5.32 Å². The lowest BCUT2D eigenvalue weighted by molar-refractivity contribution is -0.138. The van der Waals surface area contributed by atoms with E-state index in [9.17, 15) is 22.8 Å². The molecular formula is C17H23NO8S. The van der Waals surface area contributed by atoms with E-state index in [1.54, 1.807) is 0 Å². The molecule has 27 heavy (non-hydrogen) atoms. The Bertz CT molecular complexity index is 803. The molecule has 0 aliphatic rings. The number of nitrogens with one attached hydrogen (secondary N) is 1. The largest absolute Gasteiger partial charge is 0.495 e. The van der Waals surface area contributed by atoms with Gasteiger partial charge in [-0.3, -0.25) is 14.1 Å². The molecule has 10 heteroatoms. The lowest BCUT2D eigenvalue weighted by Crippen LogP contribution is -2.45. The van der Waals surface area contributed by atoms with E-state index in [0.29, 0.717) is 6.42 Å². The minimum Gasteiger partial charge on any atom is -0.495 e. The fraction of sp³-hybridized carbons (Fsp3) is 0.471. The highest BCUT2D eigenvalue weighted by atomic mass is 32.2. The molecule has 9 nitrogen and oxygen atoms in total. The topological polar surface area (TPSA) is 147 Å². The number of amides is 1. The number of carboxylic acid groups (broad SMARTS) is 1. The van der Waals surface area contributed by atoms with E-state index < -0.39 is 33.8 Å². The van der Waals surface area contributed by atoms with Crippen LogP contribution in [-0.4, -0.2) is 54.6 Å². The third-order valence-corrected chi connectivity index (χ3v) is 4.51. The van der Waals surface area contributed by atoms with Gasteiger partial charge in [-0.15, -0.1) is 0 Å². The fourth-order valence-corrected chi connectivity index (χ4v) is 3.09. The number of carbonyl (C=O) groups excluding carboxylic acids is 2. The van der Waals surface area contributed by atoms with Crippen molar-refractivity contribution in [3.8, 4) is 5.75 Å². The van der Waals surface area contributed by atoms with Crippen molar-refractivity contribution in [2.45, 2.75) is 38.6 Å². The minimum absolute atomic E-state index is 0.0208. The number of carboxylic acids is 1. The molecule has 0 fully saturated rings. The highest BCUT2D eigenvalue weighted by molar-refractivity contribution is 7.85. The normalized spacial score (nSPS) is 12.3. The highest BCUT2D eigenvalue weighted by Gasteiger charge is 2.28. The van der Waals surface area contributed by atoms with Crippen LogP contribution >= 0.6 is 0 Å². The van der Waals surface area contributed by atoms with Crippen molar-refractivity contribution in [2.75, 3.05) is 12.9 Å². The SMILES string of the molecule is CCCCCC(=O)c1cccc(C(=O)N[C@@H](CS(=O)(=O)O)C(=O)O)c1OC. The van der Waals surface area contributed by atoms with Gasteiger partial charge in [-0.2, -0.15) is 8.42 Å². The molecule has 1 aromatic rings. The number of carbonyl (C=O) groups is 3. The minimum atomic E-state index is -4.63. The first-order valence-corrected chi connectivity index (χ1v) is 9.90. The maximum atomic E-state index is 12.4. The molecular weight excluding hydrogens is 378 g/mol. The summed E-state index contributed by atoms with van der Waals surface area (Å²) >= 11 is 0. The summed E-state index contributed by atoms with van der Waals surface area (Å²) in [6, 6.07) is 2.41. The molecule has 0 aromatic heterocycles. The van der Waals surface area contributed by atoms with E-state index in [0.717, 1.165) is 12.8 Å². The van der Waals surface area contributed by atoms with Crippen molar-refractivity contribution in [1.29, 1.82) is 0 Å². The van der Waals surface area contributed by atoms with Gasteiger partial charge >= 0.3 is 5.97 Å². The van der Waals surface area contributed by atoms with Gasteiger partial charge in [0.25, 0.3) is 16.0 Å². The van der Waals surface area contributed by atoms with Gasteiger partial charge in [-0.25, -0.2) is 4.79 Å². The van der Waals surface area contributed by atoms with Gasteiger partial charge in [0, 0.05) is 6.42 Å². The van der Waals surface area contributed by atoms with Crippen LogP contribution in [0.3, 0.4) is 0 Å². The summed E-state index contributed by atoms with van der Waals surface area (Å²) < 4.78 is 35.9. The number of unbranched alkanes of at least 4 members (excludes halogenated alkanes) is 2. The third-order valence-electron chi connectivity index (χ3n) is 3.75. The molecule has 0 saturated heterocycles. The third kappa shape index (κ3) is 6.99.